The van der Waals surface area contributed by atoms with Crippen molar-refractivity contribution in [2.24, 2.45) is 0 Å². The minimum atomic E-state index is -0.358. The Labute approximate surface area is 100 Å². The van der Waals surface area contributed by atoms with Crippen LogP contribution in [0.3, 0.4) is 0 Å². The summed E-state index contributed by atoms with van der Waals surface area (Å²) in [4.78, 5) is 0. The van der Waals surface area contributed by atoms with Crippen LogP contribution in [0.15, 0.2) is 18.2 Å². The van der Waals surface area contributed by atoms with E-state index in [-0.39, 0.29) is 30.4 Å². The van der Waals surface area contributed by atoms with Gasteiger partial charge in [-0.2, -0.15) is 0 Å². The maximum absolute atomic E-state index is 13.1. The molecule has 5 heteroatoms. The molecular formula is C11H15ClFNO2. The molecule has 2 N–H and O–H groups in total. The number of aliphatic hydroxyl groups excluding tert-OH is 1. The lowest BCUT2D eigenvalue weighted by Gasteiger charge is -2.14. The van der Waals surface area contributed by atoms with E-state index >= 15 is 0 Å². The van der Waals surface area contributed by atoms with Gasteiger partial charge in [0.1, 0.15) is 11.6 Å². The van der Waals surface area contributed by atoms with Crippen molar-refractivity contribution in [3.63, 3.8) is 0 Å². The maximum atomic E-state index is 13.1. The highest BCUT2D eigenvalue weighted by Crippen LogP contribution is 2.31. The number of halogens is 2. The smallest absolute Gasteiger partial charge is 0.123 e. The molecule has 90 valence electrons. The molecule has 0 radical (unpaired) electrons. The van der Waals surface area contributed by atoms with E-state index in [2.05, 4.69) is 5.32 Å². The first-order valence-electron chi connectivity index (χ1n) is 4.95. The average molecular weight is 248 g/mol. The van der Waals surface area contributed by atoms with Gasteiger partial charge >= 0.3 is 0 Å². The van der Waals surface area contributed by atoms with Crippen molar-refractivity contribution in [2.75, 3.05) is 13.7 Å². The Balaban J connectivity index is 0.00000128. The highest BCUT2D eigenvalue weighted by Gasteiger charge is 2.26. The predicted octanol–water partition coefficient (Wildman–Crippen LogP) is 1.65. The highest BCUT2D eigenvalue weighted by molar-refractivity contribution is 5.85. The molecule has 1 saturated heterocycles. The summed E-state index contributed by atoms with van der Waals surface area (Å²) < 4.78 is 18.2. The Morgan fingerprint density at radius 2 is 2.25 bits per heavy atom. The summed E-state index contributed by atoms with van der Waals surface area (Å²) >= 11 is 0. The Morgan fingerprint density at radius 3 is 2.81 bits per heavy atom. The van der Waals surface area contributed by atoms with E-state index in [9.17, 15) is 9.50 Å². The third-order valence-corrected chi connectivity index (χ3v) is 2.67. The number of nitrogens with one attached hydrogen (secondary N) is 1. The highest BCUT2D eigenvalue weighted by atomic mass is 35.5. The molecule has 1 fully saturated rings. The van der Waals surface area contributed by atoms with Crippen LogP contribution in [-0.4, -0.2) is 24.9 Å². The molecule has 0 spiro atoms. The van der Waals surface area contributed by atoms with Crippen molar-refractivity contribution in [2.45, 2.75) is 18.6 Å². The number of hydrogen-bond acceptors (Lipinski definition) is 3. The van der Waals surface area contributed by atoms with Gasteiger partial charge in [-0.1, -0.05) is 0 Å². The quantitative estimate of drug-likeness (QED) is 0.835. The van der Waals surface area contributed by atoms with Crippen LogP contribution >= 0.6 is 12.4 Å². The summed E-state index contributed by atoms with van der Waals surface area (Å²) in [5, 5.41) is 12.5. The summed E-state index contributed by atoms with van der Waals surface area (Å²) in [5.41, 5.74) is 0.772. The van der Waals surface area contributed by atoms with Gasteiger partial charge < -0.3 is 15.2 Å². The van der Waals surface area contributed by atoms with E-state index in [1.807, 2.05) is 0 Å². The molecule has 2 atom stereocenters. The molecule has 1 unspecified atom stereocenters. The largest absolute Gasteiger partial charge is 0.496 e. The van der Waals surface area contributed by atoms with E-state index in [0.717, 1.165) is 5.56 Å². The second kappa shape index (κ2) is 5.48. The van der Waals surface area contributed by atoms with E-state index < -0.39 is 0 Å². The Bertz CT molecular complexity index is 362. The average Bonchev–Trinajstić information content (AvgIpc) is 2.65. The molecule has 1 aliphatic rings. The van der Waals surface area contributed by atoms with Crippen LogP contribution in [0, 0.1) is 5.82 Å². The van der Waals surface area contributed by atoms with Crippen molar-refractivity contribution < 1.29 is 14.2 Å². The lowest BCUT2D eigenvalue weighted by molar-refractivity contribution is 0.193. The number of ether oxygens (including phenoxy) is 1. The maximum Gasteiger partial charge on any atom is 0.123 e. The number of methoxy groups -OCH3 is 1. The fourth-order valence-electron chi connectivity index (χ4n) is 1.93. The zero-order chi connectivity index (χ0) is 10.8. The summed E-state index contributed by atoms with van der Waals surface area (Å²) in [5.74, 6) is 0.372. The standard InChI is InChI=1S/C11H14FNO2.ClH/c1-15-11-3-2-7(12)4-9(11)10-5-8(14)6-13-10;/h2-4,8,10,13-14H,5-6H2,1H3;1H/t8?,10-;/m1./s1. The second-order valence-electron chi connectivity index (χ2n) is 3.74. The van der Waals surface area contributed by atoms with E-state index in [0.29, 0.717) is 18.7 Å². The first-order valence-corrected chi connectivity index (χ1v) is 4.95. The first kappa shape index (κ1) is 13.2. The molecule has 1 aromatic carbocycles. The Kier molecular flexibility index (Phi) is 4.53. The van der Waals surface area contributed by atoms with Gasteiger partial charge in [-0.25, -0.2) is 4.39 Å². The van der Waals surface area contributed by atoms with E-state index in [1.54, 1.807) is 13.2 Å². The minimum Gasteiger partial charge on any atom is -0.496 e. The lowest BCUT2D eigenvalue weighted by atomic mass is 10.0. The van der Waals surface area contributed by atoms with Crippen molar-refractivity contribution in [3.8, 4) is 5.75 Å². The summed E-state index contributed by atoms with van der Waals surface area (Å²) in [6, 6.07) is 4.41. The molecule has 0 amide bonds. The SMILES string of the molecule is COc1ccc(F)cc1[C@H]1CC(O)CN1.Cl. The summed E-state index contributed by atoms with van der Waals surface area (Å²) in [6.07, 6.45) is 0.239. The van der Waals surface area contributed by atoms with Crippen molar-refractivity contribution in [1.29, 1.82) is 0 Å². The van der Waals surface area contributed by atoms with Crippen LogP contribution in [0.25, 0.3) is 0 Å². The van der Waals surface area contributed by atoms with Gasteiger partial charge in [0.25, 0.3) is 0 Å². The fourth-order valence-corrected chi connectivity index (χ4v) is 1.93. The molecule has 1 aromatic rings. The lowest BCUT2D eigenvalue weighted by Crippen LogP contribution is -2.15. The van der Waals surface area contributed by atoms with Gasteiger partial charge in [0.15, 0.2) is 0 Å². The van der Waals surface area contributed by atoms with Crippen molar-refractivity contribution >= 4 is 12.4 Å². The van der Waals surface area contributed by atoms with Crippen LogP contribution < -0.4 is 10.1 Å². The Hall–Kier alpha value is -0.840. The first-order chi connectivity index (χ1) is 7.20. The van der Waals surface area contributed by atoms with Gasteiger partial charge in [0.05, 0.1) is 13.2 Å². The minimum absolute atomic E-state index is 0. The monoisotopic (exact) mass is 247 g/mol. The van der Waals surface area contributed by atoms with Crippen molar-refractivity contribution in [1.82, 2.24) is 5.32 Å². The molecule has 3 nitrogen and oxygen atoms in total. The van der Waals surface area contributed by atoms with Gasteiger partial charge in [-0.15, -0.1) is 12.4 Å². The molecule has 0 saturated carbocycles. The van der Waals surface area contributed by atoms with Crippen LogP contribution in [0.5, 0.6) is 5.75 Å². The number of rotatable bonds is 2. The molecule has 0 aromatic heterocycles. The van der Waals surface area contributed by atoms with Crippen LogP contribution in [-0.2, 0) is 0 Å². The number of hydrogen-bond donors (Lipinski definition) is 2. The zero-order valence-electron chi connectivity index (χ0n) is 8.94. The number of aliphatic hydroxyl groups is 1. The predicted molar refractivity (Wildman–Crippen MR) is 61.6 cm³/mol. The van der Waals surface area contributed by atoms with Crippen LogP contribution in [0.4, 0.5) is 4.39 Å². The fraction of sp³-hybridized carbons (Fsp3) is 0.455. The van der Waals surface area contributed by atoms with Crippen LogP contribution in [0.1, 0.15) is 18.0 Å². The topological polar surface area (TPSA) is 41.5 Å². The third kappa shape index (κ3) is 2.64. The third-order valence-electron chi connectivity index (χ3n) is 2.67. The summed E-state index contributed by atoms with van der Waals surface area (Å²) in [7, 11) is 1.56. The molecule has 0 bridgehead atoms. The second-order valence-corrected chi connectivity index (χ2v) is 3.74. The van der Waals surface area contributed by atoms with Gasteiger partial charge in [-0.3, -0.25) is 0 Å². The van der Waals surface area contributed by atoms with E-state index in [4.69, 9.17) is 4.74 Å². The molecule has 1 aliphatic heterocycles. The molecule has 1 heterocycles. The Morgan fingerprint density at radius 1 is 1.50 bits per heavy atom. The van der Waals surface area contributed by atoms with Gasteiger partial charge in [0, 0.05) is 18.2 Å². The normalized spacial score (nSPS) is 23.9. The molecule has 0 aliphatic carbocycles. The summed E-state index contributed by atoms with van der Waals surface area (Å²) in [6.45, 7) is 0.546. The van der Waals surface area contributed by atoms with Crippen molar-refractivity contribution in [3.05, 3.63) is 29.6 Å². The zero-order valence-corrected chi connectivity index (χ0v) is 9.76. The molecular weight excluding hydrogens is 233 g/mol. The molecule has 2 rings (SSSR count). The van der Waals surface area contributed by atoms with E-state index in [1.165, 1.54) is 12.1 Å². The number of β-amino-alcohol motifs (C(OH)–C–C–N with tert-alkyl or cyclic N) is 1. The number of benzene rings is 1. The van der Waals surface area contributed by atoms with Crippen LogP contribution in [0.2, 0.25) is 0 Å². The molecule has 16 heavy (non-hydrogen) atoms. The van der Waals surface area contributed by atoms with Gasteiger partial charge in [-0.05, 0) is 24.6 Å². The van der Waals surface area contributed by atoms with Gasteiger partial charge in [0.2, 0.25) is 0 Å².